The number of aliphatic hydroxyl groups excluding tert-OH is 1. The van der Waals surface area contributed by atoms with Crippen LogP contribution in [0.15, 0.2) is 18.2 Å². The van der Waals surface area contributed by atoms with Gasteiger partial charge in [-0.2, -0.15) is 5.26 Å². The van der Waals surface area contributed by atoms with Crippen molar-refractivity contribution in [1.82, 2.24) is 0 Å². The molecule has 0 saturated carbocycles. The molecule has 2 unspecified atom stereocenters. The molecule has 0 aliphatic carbocycles. The number of anilines is 1. The first-order chi connectivity index (χ1) is 9.08. The lowest BCUT2D eigenvalue weighted by Crippen LogP contribution is -2.35. The van der Waals surface area contributed by atoms with Crippen LogP contribution < -0.4 is 4.90 Å². The van der Waals surface area contributed by atoms with Crippen molar-refractivity contribution >= 4 is 5.69 Å². The summed E-state index contributed by atoms with van der Waals surface area (Å²) in [6, 6.07) is 8.77. The highest BCUT2D eigenvalue weighted by molar-refractivity contribution is 5.60. The number of hydrogen-bond donors (Lipinski definition) is 1. The molecule has 0 radical (unpaired) electrons. The van der Waals surface area contributed by atoms with Gasteiger partial charge in [0.05, 0.1) is 17.7 Å². The third kappa shape index (κ3) is 2.59. The zero-order valence-electron chi connectivity index (χ0n) is 11.9. The lowest BCUT2D eigenvalue weighted by Gasteiger charge is -2.33. The van der Waals surface area contributed by atoms with Crippen LogP contribution in [-0.4, -0.2) is 17.2 Å². The second-order valence-electron chi connectivity index (χ2n) is 5.46. The highest BCUT2D eigenvalue weighted by atomic mass is 16.3. The first-order valence-electron chi connectivity index (χ1n) is 7.09. The van der Waals surface area contributed by atoms with Gasteiger partial charge in [-0.3, -0.25) is 0 Å². The second kappa shape index (κ2) is 5.63. The molecule has 1 aliphatic heterocycles. The summed E-state index contributed by atoms with van der Waals surface area (Å²) in [6.07, 6.45) is 2.95. The fourth-order valence-corrected chi connectivity index (χ4v) is 3.10. The van der Waals surface area contributed by atoms with Gasteiger partial charge >= 0.3 is 0 Å². The van der Waals surface area contributed by atoms with Crippen LogP contribution in [-0.2, 0) is 0 Å². The Labute approximate surface area is 115 Å². The molecule has 1 aliphatic rings. The minimum atomic E-state index is -0.506. The van der Waals surface area contributed by atoms with E-state index in [1.165, 1.54) is 12.8 Å². The summed E-state index contributed by atoms with van der Waals surface area (Å²) < 4.78 is 0. The minimum Gasteiger partial charge on any atom is -0.389 e. The Kier molecular flexibility index (Phi) is 4.11. The van der Waals surface area contributed by atoms with Crippen molar-refractivity contribution in [2.75, 3.05) is 4.90 Å². The zero-order valence-corrected chi connectivity index (χ0v) is 11.9. The van der Waals surface area contributed by atoms with Crippen molar-refractivity contribution in [3.8, 4) is 6.07 Å². The normalized spacial score (nSPS) is 24.3. The summed E-state index contributed by atoms with van der Waals surface area (Å²) in [6.45, 7) is 6.21. The lowest BCUT2D eigenvalue weighted by molar-refractivity contribution is 0.199. The Morgan fingerprint density at radius 3 is 2.79 bits per heavy atom. The number of nitrogens with zero attached hydrogens (tertiary/aromatic N) is 2. The van der Waals surface area contributed by atoms with Crippen LogP contribution in [0.3, 0.4) is 0 Å². The van der Waals surface area contributed by atoms with E-state index in [1.807, 2.05) is 12.1 Å². The van der Waals surface area contributed by atoms with E-state index < -0.39 is 6.10 Å². The standard InChI is InChI=1S/C16H22N2O/c1-4-14-7-5-11(2)18(14)16-9-13(10-17)6-8-15(16)12(3)19/h6,8-9,11-12,14,19H,4-5,7H2,1-3H3/t11?,12-,14?/m1/s1. The third-order valence-corrected chi connectivity index (χ3v) is 4.14. The molecule has 3 atom stereocenters. The highest BCUT2D eigenvalue weighted by Crippen LogP contribution is 2.36. The SMILES string of the molecule is CCC1CCC(C)N1c1cc(C#N)ccc1[C@@H](C)O. The summed E-state index contributed by atoms with van der Waals surface area (Å²) in [5.74, 6) is 0. The van der Waals surface area contributed by atoms with Gasteiger partial charge in [-0.15, -0.1) is 0 Å². The van der Waals surface area contributed by atoms with Gasteiger partial charge in [-0.25, -0.2) is 0 Å². The van der Waals surface area contributed by atoms with Crippen LogP contribution in [0.1, 0.15) is 57.3 Å². The van der Waals surface area contributed by atoms with E-state index in [9.17, 15) is 5.11 Å². The maximum absolute atomic E-state index is 9.96. The average molecular weight is 258 g/mol. The van der Waals surface area contributed by atoms with Crippen LogP contribution in [0, 0.1) is 11.3 Å². The topological polar surface area (TPSA) is 47.3 Å². The van der Waals surface area contributed by atoms with E-state index in [4.69, 9.17) is 5.26 Å². The number of rotatable bonds is 3. The van der Waals surface area contributed by atoms with Gasteiger partial charge in [0.2, 0.25) is 0 Å². The van der Waals surface area contributed by atoms with Gasteiger partial charge in [-0.05, 0) is 45.2 Å². The van der Waals surface area contributed by atoms with Crippen molar-refractivity contribution in [1.29, 1.82) is 5.26 Å². The van der Waals surface area contributed by atoms with Crippen LogP contribution >= 0.6 is 0 Å². The minimum absolute atomic E-state index is 0.469. The molecule has 1 heterocycles. The van der Waals surface area contributed by atoms with E-state index in [1.54, 1.807) is 13.0 Å². The third-order valence-electron chi connectivity index (χ3n) is 4.14. The Hall–Kier alpha value is -1.53. The molecule has 0 spiro atoms. The van der Waals surface area contributed by atoms with Crippen LogP contribution in [0.5, 0.6) is 0 Å². The molecular formula is C16H22N2O. The summed E-state index contributed by atoms with van der Waals surface area (Å²) in [5, 5.41) is 19.1. The first-order valence-corrected chi connectivity index (χ1v) is 7.09. The molecule has 1 N–H and O–H groups in total. The summed E-state index contributed by atoms with van der Waals surface area (Å²) in [7, 11) is 0. The quantitative estimate of drug-likeness (QED) is 0.904. The smallest absolute Gasteiger partial charge is 0.0992 e. The van der Waals surface area contributed by atoms with E-state index >= 15 is 0 Å². The molecule has 0 amide bonds. The van der Waals surface area contributed by atoms with E-state index in [0.717, 1.165) is 17.7 Å². The number of aliphatic hydroxyl groups is 1. The fourth-order valence-electron chi connectivity index (χ4n) is 3.10. The van der Waals surface area contributed by atoms with Gasteiger partial charge < -0.3 is 10.0 Å². The summed E-state index contributed by atoms with van der Waals surface area (Å²) in [4.78, 5) is 2.39. The highest BCUT2D eigenvalue weighted by Gasteiger charge is 2.31. The average Bonchev–Trinajstić information content (AvgIpc) is 2.78. The van der Waals surface area contributed by atoms with Gasteiger partial charge in [0.25, 0.3) is 0 Å². The van der Waals surface area contributed by atoms with Gasteiger partial charge in [-0.1, -0.05) is 13.0 Å². The molecular weight excluding hydrogens is 236 g/mol. The summed E-state index contributed by atoms with van der Waals surface area (Å²) >= 11 is 0. The molecule has 0 aromatic heterocycles. The van der Waals surface area contributed by atoms with Gasteiger partial charge in [0, 0.05) is 23.3 Å². The summed E-state index contributed by atoms with van der Waals surface area (Å²) in [5.41, 5.74) is 2.62. The molecule has 0 bridgehead atoms. The van der Waals surface area contributed by atoms with Crippen LogP contribution in [0.2, 0.25) is 0 Å². The molecule has 2 rings (SSSR count). The Morgan fingerprint density at radius 2 is 2.21 bits per heavy atom. The van der Waals surface area contributed by atoms with Crippen molar-refractivity contribution < 1.29 is 5.11 Å². The van der Waals surface area contributed by atoms with Crippen LogP contribution in [0.25, 0.3) is 0 Å². The molecule has 1 fully saturated rings. The predicted octanol–water partition coefficient (Wildman–Crippen LogP) is 3.38. The van der Waals surface area contributed by atoms with Gasteiger partial charge in [0.1, 0.15) is 0 Å². The number of nitriles is 1. The maximum atomic E-state index is 9.96. The number of hydrogen-bond acceptors (Lipinski definition) is 3. The monoisotopic (exact) mass is 258 g/mol. The second-order valence-corrected chi connectivity index (χ2v) is 5.46. The van der Waals surface area contributed by atoms with E-state index in [-0.39, 0.29) is 0 Å². The van der Waals surface area contributed by atoms with Crippen LogP contribution in [0.4, 0.5) is 5.69 Å². The predicted molar refractivity (Wildman–Crippen MR) is 77.0 cm³/mol. The molecule has 1 saturated heterocycles. The first kappa shape index (κ1) is 13.9. The van der Waals surface area contributed by atoms with Crippen molar-refractivity contribution in [3.63, 3.8) is 0 Å². The molecule has 102 valence electrons. The zero-order chi connectivity index (χ0) is 14.0. The Bertz CT molecular complexity index is 490. The largest absolute Gasteiger partial charge is 0.389 e. The lowest BCUT2D eigenvalue weighted by atomic mass is 10.0. The number of benzene rings is 1. The Balaban J connectivity index is 2.49. The fraction of sp³-hybridized carbons (Fsp3) is 0.562. The Morgan fingerprint density at radius 1 is 1.47 bits per heavy atom. The molecule has 1 aromatic carbocycles. The molecule has 3 heteroatoms. The van der Waals surface area contributed by atoms with Crippen molar-refractivity contribution in [2.45, 2.75) is 58.2 Å². The van der Waals surface area contributed by atoms with Gasteiger partial charge in [0.15, 0.2) is 0 Å². The van der Waals surface area contributed by atoms with E-state index in [0.29, 0.717) is 17.6 Å². The molecule has 19 heavy (non-hydrogen) atoms. The van der Waals surface area contributed by atoms with E-state index in [2.05, 4.69) is 24.8 Å². The molecule has 1 aromatic rings. The van der Waals surface area contributed by atoms with Crippen molar-refractivity contribution in [2.24, 2.45) is 0 Å². The molecule has 3 nitrogen and oxygen atoms in total. The van der Waals surface area contributed by atoms with Crippen molar-refractivity contribution in [3.05, 3.63) is 29.3 Å². The maximum Gasteiger partial charge on any atom is 0.0992 e.